The Labute approximate surface area is 105 Å². The highest BCUT2D eigenvalue weighted by Gasteiger charge is 2.12. The van der Waals surface area contributed by atoms with Gasteiger partial charge in [-0.05, 0) is 0 Å². The van der Waals surface area contributed by atoms with E-state index in [4.69, 9.17) is 9.47 Å². The first-order valence-corrected chi connectivity index (χ1v) is 5.29. The molecule has 0 heterocycles. The number of rotatable bonds is 4. The molecule has 98 valence electrons. The molecule has 2 N–H and O–H groups in total. The number of hydrogen-bond donors (Lipinski definition) is 2. The second-order valence-electron chi connectivity index (χ2n) is 3.62. The molecule has 0 saturated heterocycles. The Morgan fingerprint density at radius 1 is 0.889 bits per heavy atom. The first-order valence-electron chi connectivity index (χ1n) is 5.29. The summed E-state index contributed by atoms with van der Waals surface area (Å²) in [5.41, 5.74) is 0.908. The zero-order chi connectivity index (χ0) is 13.7. The Balaban J connectivity index is 3.25. The van der Waals surface area contributed by atoms with Crippen molar-refractivity contribution in [2.24, 2.45) is 0 Å². The molecule has 0 aliphatic heterocycles. The van der Waals surface area contributed by atoms with Crippen molar-refractivity contribution in [2.45, 2.75) is 13.8 Å². The molecule has 2 amide bonds. The quantitative estimate of drug-likeness (QED) is 0.853. The van der Waals surface area contributed by atoms with E-state index in [0.29, 0.717) is 22.9 Å². The van der Waals surface area contributed by atoms with Crippen molar-refractivity contribution < 1.29 is 19.1 Å². The second kappa shape index (κ2) is 5.90. The maximum atomic E-state index is 11.1. The fourth-order valence-electron chi connectivity index (χ4n) is 1.47. The smallest absolute Gasteiger partial charge is 0.221 e. The zero-order valence-electron chi connectivity index (χ0n) is 10.8. The van der Waals surface area contributed by atoms with Crippen LogP contribution in [-0.2, 0) is 9.59 Å². The molecule has 18 heavy (non-hydrogen) atoms. The average Bonchev–Trinajstić information content (AvgIpc) is 2.29. The highest BCUT2D eigenvalue weighted by molar-refractivity contribution is 5.99. The van der Waals surface area contributed by atoms with Crippen molar-refractivity contribution >= 4 is 23.2 Å². The molecule has 0 aliphatic rings. The molecule has 1 aromatic rings. The van der Waals surface area contributed by atoms with Gasteiger partial charge in [-0.3, -0.25) is 9.59 Å². The summed E-state index contributed by atoms with van der Waals surface area (Å²) >= 11 is 0. The van der Waals surface area contributed by atoms with E-state index >= 15 is 0 Å². The molecule has 0 aromatic heterocycles. The van der Waals surface area contributed by atoms with Gasteiger partial charge in [0, 0.05) is 26.0 Å². The molecular formula is C12H16N2O4. The predicted octanol–water partition coefficient (Wildman–Crippen LogP) is 1.62. The molecule has 6 heteroatoms. The van der Waals surface area contributed by atoms with Gasteiger partial charge in [-0.25, -0.2) is 0 Å². The summed E-state index contributed by atoms with van der Waals surface area (Å²) in [5.74, 6) is 0.452. The van der Waals surface area contributed by atoms with Crippen LogP contribution in [0, 0.1) is 0 Å². The number of carbonyl (C=O) groups excluding carboxylic acids is 2. The number of ether oxygens (including phenoxy) is 2. The SMILES string of the molecule is COc1cc(NC(C)=O)c(NC(C)=O)cc1OC. The molecule has 0 atom stereocenters. The van der Waals surface area contributed by atoms with Crippen LogP contribution >= 0.6 is 0 Å². The minimum atomic E-state index is -0.242. The largest absolute Gasteiger partial charge is 0.493 e. The summed E-state index contributed by atoms with van der Waals surface area (Å²) in [4.78, 5) is 22.2. The highest BCUT2D eigenvalue weighted by Crippen LogP contribution is 2.36. The highest BCUT2D eigenvalue weighted by atomic mass is 16.5. The van der Waals surface area contributed by atoms with E-state index in [1.807, 2.05) is 0 Å². The van der Waals surface area contributed by atoms with Gasteiger partial charge in [0.05, 0.1) is 25.6 Å². The molecule has 1 rings (SSSR count). The van der Waals surface area contributed by atoms with Crippen LogP contribution in [0.2, 0.25) is 0 Å². The molecule has 0 aliphatic carbocycles. The van der Waals surface area contributed by atoms with Crippen LogP contribution in [0.25, 0.3) is 0 Å². The monoisotopic (exact) mass is 252 g/mol. The number of amides is 2. The van der Waals surface area contributed by atoms with Crippen molar-refractivity contribution in [3.05, 3.63) is 12.1 Å². The van der Waals surface area contributed by atoms with Crippen LogP contribution in [0.15, 0.2) is 12.1 Å². The number of hydrogen-bond acceptors (Lipinski definition) is 4. The number of carbonyl (C=O) groups is 2. The third-order valence-corrected chi connectivity index (χ3v) is 2.15. The fourth-order valence-corrected chi connectivity index (χ4v) is 1.47. The van der Waals surface area contributed by atoms with Crippen LogP contribution in [-0.4, -0.2) is 26.0 Å². The van der Waals surface area contributed by atoms with E-state index in [9.17, 15) is 9.59 Å². The average molecular weight is 252 g/mol. The third-order valence-electron chi connectivity index (χ3n) is 2.15. The minimum Gasteiger partial charge on any atom is -0.493 e. The van der Waals surface area contributed by atoms with Crippen molar-refractivity contribution in [3.8, 4) is 11.5 Å². The van der Waals surface area contributed by atoms with E-state index < -0.39 is 0 Å². The number of methoxy groups -OCH3 is 2. The van der Waals surface area contributed by atoms with Gasteiger partial charge in [-0.1, -0.05) is 0 Å². The van der Waals surface area contributed by atoms with Crippen LogP contribution in [0.4, 0.5) is 11.4 Å². The molecule has 0 fully saturated rings. The van der Waals surface area contributed by atoms with Gasteiger partial charge < -0.3 is 20.1 Å². The Kier molecular flexibility index (Phi) is 4.53. The summed E-state index contributed by atoms with van der Waals surface area (Å²) in [6, 6.07) is 3.18. The molecule has 0 unspecified atom stereocenters. The third kappa shape index (κ3) is 3.38. The van der Waals surface area contributed by atoms with Crippen molar-refractivity contribution in [1.29, 1.82) is 0 Å². The van der Waals surface area contributed by atoms with Gasteiger partial charge >= 0.3 is 0 Å². The summed E-state index contributed by atoms with van der Waals surface area (Å²) < 4.78 is 10.3. The van der Waals surface area contributed by atoms with Gasteiger partial charge in [0.15, 0.2) is 11.5 Å². The van der Waals surface area contributed by atoms with Gasteiger partial charge in [0.1, 0.15) is 0 Å². The Morgan fingerprint density at radius 2 is 1.22 bits per heavy atom. The summed E-state index contributed by atoms with van der Waals surface area (Å²) in [6.45, 7) is 2.77. The van der Waals surface area contributed by atoms with Gasteiger partial charge in [0.2, 0.25) is 11.8 Å². The standard InChI is InChI=1S/C12H16N2O4/c1-7(15)13-9-5-11(17-3)12(18-4)6-10(9)14-8(2)16/h5-6H,1-4H3,(H,13,15)(H,14,16). The molecule has 0 bridgehead atoms. The molecule has 1 aromatic carbocycles. The molecule has 0 saturated carbocycles. The first-order chi connectivity index (χ1) is 8.47. The lowest BCUT2D eigenvalue weighted by Crippen LogP contribution is -2.12. The number of benzene rings is 1. The summed E-state index contributed by atoms with van der Waals surface area (Å²) in [6.07, 6.45) is 0. The van der Waals surface area contributed by atoms with E-state index in [0.717, 1.165) is 0 Å². The van der Waals surface area contributed by atoms with Crippen LogP contribution in [0.5, 0.6) is 11.5 Å². The minimum absolute atomic E-state index is 0.242. The second-order valence-corrected chi connectivity index (χ2v) is 3.62. The topological polar surface area (TPSA) is 76.7 Å². The van der Waals surface area contributed by atoms with E-state index in [1.165, 1.54) is 28.1 Å². The maximum Gasteiger partial charge on any atom is 0.221 e. The van der Waals surface area contributed by atoms with Crippen molar-refractivity contribution in [1.82, 2.24) is 0 Å². The normalized spacial score (nSPS) is 9.56. The molecule has 6 nitrogen and oxygen atoms in total. The number of nitrogens with one attached hydrogen (secondary N) is 2. The lowest BCUT2D eigenvalue weighted by atomic mass is 10.2. The molecule has 0 radical (unpaired) electrons. The van der Waals surface area contributed by atoms with Crippen molar-refractivity contribution in [2.75, 3.05) is 24.9 Å². The summed E-state index contributed by atoms with van der Waals surface area (Å²) in [7, 11) is 2.99. The Hall–Kier alpha value is -2.24. The van der Waals surface area contributed by atoms with Crippen LogP contribution < -0.4 is 20.1 Å². The van der Waals surface area contributed by atoms with Gasteiger partial charge in [-0.2, -0.15) is 0 Å². The lowest BCUT2D eigenvalue weighted by molar-refractivity contribution is -0.115. The zero-order valence-corrected chi connectivity index (χ0v) is 10.8. The van der Waals surface area contributed by atoms with Crippen LogP contribution in [0.1, 0.15) is 13.8 Å². The van der Waals surface area contributed by atoms with Gasteiger partial charge in [0.25, 0.3) is 0 Å². The number of anilines is 2. The van der Waals surface area contributed by atoms with E-state index in [-0.39, 0.29) is 11.8 Å². The van der Waals surface area contributed by atoms with E-state index in [1.54, 1.807) is 12.1 Å². The first kappa shape index (κ1) is 13.8. The molecule has 0 spiro atoms. The predicted molar refractivity (Wildman–Crippen MR) is 68.2 cm³/mol. The van der Waals surface area contributed by atoms with E-state index in [2.05, 4.69) is 10.6 Å². The van der Waals surface area contributed by atoms with Crippen LogP contribution in [0.3, 0.4) is 0 Å². The molecular weight excluding hydrogens is 236 g/mol. The van der Waals surface area contributed by atoms with Gasteiger partial charge in [-0.15, -0.1) is 0 Å². The Bertz CT molecular complexity index is 428. The fraction of sp³-hybridized carbons (Fsp3) is 0.333. The Morgan fingerprint density at radius 3 is 1.44 bits per heavy atom. The van der Waals surface area contributed by atoms with Crippen molar-refractivity contribution in [3.63, 3.8) is 0 Å². The summed E-state index contributed by atoms with van der Waals surface area (Å²) in [5, 5.41) is 5.23. The lowest BCUT2D eigenvalue weighted by Gasteiger charge is -2.15. The maximum absolute atomic E-state index is 11.1.